The molecule has 1 unspecified atom stereocenters. The van der Waals surface area contributed by atoms with Crippen LogP contribution in [0.25, 0.3) is 0 Å². The Morgan fingerprint density at radius 3 is 2.43 bits per heavy atom. The van der Waals surface area contributed by atoms with E-state index in [1.54, 1.807) is 0 Å². The van der Waals surface area contributed by atoms with Crippen LogP contribution in [0, 0.1) is 11.3 Å². The molecule has 2 N–H and O–H groups in total. The molecule has 0 radical (unpaired) electrons. The highest BCUT2D eigenvalue weighted by atomic mass is 16.3. The highest BCUT2D eigenvalue weighted by molar-refractivity contribution is 5.94. The van der Waals surface area contributed by atoms with Crippen molar-refractivity contribution in [3.63, 3.8) is 0 Å². The molecule has 1 atom stereocenters. The molecule has 2 amide bonds. The number of aliphatic hydroxyl groups is 1. The number of amides is 2. The summed E-state index contributed by atoms with van der Waals surface area (Å²) in [6, 6.07) is 8.41. The minimum Gasteiger partial charge on any atom is -0.393 e. The summed E-state index contributed by atoms with van der Waals surface area (Å²) in [4.78, 5) is 29.9. The van der Waals surface area contributed by atoms with Crippen LogP contribution >= 0.6 is 0 Å². The molecule has 2 heterocycles. The largest absolute Gasteiger partial charge is 0.393 e. The molecule has 2 aliphatic heterocycles. The Balaban J connectivity index is 1.24. The molecule has 1 spiro atoms. The van der Waals surface area contributed by atoms with Crippen molar-refractivity contribution in [3.05, 3.63) is 24.3 Å². The van der Waals surface area contributed by atoms with Gasteiger partial charge in [0.25, 0.3) is 0 Å². The molecule has 6 heteroatoms. The first kappa shape index (κ1) is 19.9. The summed E-state index contributed by atoms with van der Waals surface area (Å²) < 4.78 is 0. The summed E-state index contributed by atoms with van der Waals surface area (Å²) in [5.41, 5.74) is 1.73. The number of rotatable bonds is 4. The number of hydrogen-bond acceptors (Lipinski definition) is 4. The van der Waals surface area contributed by atoms with Gasteiger partial charge >= 0.3 is 0 Å². The highest BCUT2D eigenvalue weighted by Crippen LogP contribution is 2.43. The van der Waals surface area contributed by atoms with Crippen molar-refractivity contribution in [2.24, 2.45) is 11.3 Å². The third-order valence-electron chi connectivity index (χ3n) is 7.68. The Hall–Kier alpha value is -2.08. The van der Waals surface area contributed by atoms with E-state index in [0.717, 1.165) is 88.8 Å². The summed E-state index contributed by atoms with van der Waals surface area (Å²) >= 11 is 0. The molecule has 2 aliphatic carbocycles. The summed E-state index contributed by atoms with van der Waals surface area (Å²) in [7, 11) is 0. The smallest absolute Gasteiger partial charge is 0.230 e. The second-order valence-electron chi connectivity index (χ2n) is 9.83. The summed E-state index contributed by atoms with van der Waals surface area (Å²) in [6.45, 7) is 2.61. The van der Waals surface area contributed by atoms with E-state index in [1.807, 2.05) is 12.1 Å². The van der Waals surface area contributed by atoms with Crippen LogP contribution in [-0.4, -0.2) is 53.6 Å². The third kappa shape index (κ3) is 3.82. The second kappa shape index (κ2) is 7.88. The minimum absolute atomic E-state index is 0.131. The molecule has 0 aromatic heterocycles. The fourth-order valence-electron chi connectivity index (χ4n) is 5.64. The summed E-state index contributed by atoms with van der Waals surface area (Å²) in [5, 5.41) is 12.8. The van der Waals surface area contributed by atoms with Crippen molar-refractivity contribution in [1.82, 2.24) is 4.90 Å². The standard InChI is InChI=1S/C24H33N3O3/c28-21-10-8-20(9-11-21)27-15-13-24(23(27)30)12-1-14-26(16-24)19-6-4-18(5-7-19)25-22(29)17-2-3-17/h4-7,17,20-21,28H,1-3,8-16H2,(H,25,29). The van der Waals surface area contributed by atoms with Gasteiger partial charge in [0.1, 0.15) is 0 Å². The number of carbonyl (C=O) groups is 2. The molecule has 4 fully saturated rings. The van der Waals surface area contributed by atoms with Crippen LogP contribution in [0.5, 0.6) is 0 Å². The molecular weight excluding hydrogens is 378 g/mol. The third-order valence-corrected chi connectivity index (χ3v) is 7.68. The lowest BCUT2D eigenvalue weighted by atomic mass is 9.78. The lowest BCUT2D eigenvalue weighted by Gasteiger charge is -2.41. The van der Waals surface area contributed by atoms with Crippen LogP contribution in [0.4, 0.5) is 11.4 Å². The SMILES string of the molecule is O=C(Nc1ccc(N2CCCC3(CCN(C4CCC(O)CC4)C3=O)C2)cc1)C1CC1. The predicted octanol–water partition coefficient (Wildman–Crippen LogP) is 3.16. The van der Waals surface area contributed by atoms with Crippen LogP contribution in [0.2, 0.25) is 0 Å². The van der Waals surface area contributed by atoms with Gasteiger partial charge in [-0.1, -0.05) is 0 Å². The zero-order valence-corrected chi connectivity index (χ0v) is 17.7. The molecule has 6 nitrogen and oxygen atoms in total. The van der Waals surface area contributed by atoms with E-state index >= 15 is 0 Å². The number of benzene rings is 1. The van der Waals surface area contributed by atoms with E-state index in [0.29, 0.717) is 11.9 Å². The van der Waals surface area contributed by atoms with E-state index in [9.17, 15) is 14.7 Å². The topological polar surface area (TPSA) is 72.9 Å². The van der Waals surface area contributed by atoms with Gasteiger partial charge in [0.05, 0.1) is 11.5 Å². The average Bonchev–Trinajstić information content (AvgIpc) is 3.57. The molecule has 2 saturated carbocycles. The first-order chi connectivity index (χ1) is 14.5. The van der Waals surface area contributed by atoms with Gasteiger partial charge in [0.15, 0.2) is 0 Å². The lowest BCUT2D eigenvalue weighted by molar-refractivity contribution is -0.139. The number of anilines is 2. The Morgan fingerprint density at radius 2 is 1.73 bits per heavy atom. The molecule has 2 saturated heterocycles. The van der Waals surface area contributed by atoms with Gasteiger partial charge in [0.2, 0.25) is 11.8 Å². The van der Waals surface area contributed by atoms with Gasteiger partial charge in [-0.05, 0) is 82.1 Å². The first-order valence-electron chi connectivity index (χ1n) is 11.7. The lowest BCUT2D eigenvalue weighted by Crippen LogP contribution is -2.50. The maximum Gasteiger partial charge on any atom is 0.230 e. The van der Waals surface area contributed by atoms with Gasteiger partial charge in [-0.25, -0.2) is 0 Å². The number of hydrogen-bond donors (Lipinski definition) is 2. The van der Waals surface area contributed by atoms with Crippen molar-refractivity contribution in [2.75, 3.05) is 29.9 Å². The van der Waals surface area contributed by atoms with Gasteiger partial charge in [-0.2, -0.15) is 0 Å². The van der Waals surface area contributed by atoms with Crippen molar-refractivity contribution in [2.45, 2.75) is 69.9 Å². The fraction of sp³-hybridized carbons (Fsp3) is 0.667. The minimum atomic E-state index is -0.257. The van der Waals surface area contributed by atoms with Crippen LogP contribution in [0.15, 0.2) is 24.3 Å². The average molecular weight is 412 g/mol. The number of likely N-dealkylation sites (tertiary alicyclic amines) is 1. The zero-order valence-electron chi connectivity index (χ0n) is 17.7. The van der Waals surface area contributed by atoms with Crippen LogP contribution < -0.4 is 10.2 Å². The highest BCUT2D eigenvalue weighted by Gasteiger charge is 2.50. The van der Waals surface area contributed by atoms with E-state index in [2.05, 4.69) is 27.2 Å². The van der Waals surface area contributed by atoms with Crippen molar-refractivity contribution in [3.8, 4) is 0 Å². The zero-order chi connectivity index (χ0) is 20.7. The molecule has 5 rings (SSSR count). The Kier molecular flexibility index (Phi) is 5.21. The van der Waals surface area contributed by atoms with Gasteiger partial charge < -0.3 is 20.2 Å². The Morgan fingerprint density at radius 1 is 1.00 bits per heavy atom. The monoisotopic (exact) mass is 411 g/mol. The normalized spacial score (nSPS) is 32.0. The molecule has 1 aromatic rings. The predicted molar refractivity (Wildman–Crippen MR) is 116 cm³/mol. The van der Waals surface area contributed by atoms with Crippen molar-refractivity contribution >= 4 is 23.2 Å². The molecule has 0 bridgehead atoms. The van der Waals surface area contributed by atoms with E-state index in [1.165, 1.54) is 0 Å². The van der Waals surface area contributed by atoms with Gasteiger partial charge in [-0.3, -0.25) is 9.59 Å². The van der Waals surface area contributed by atoms with Crippen LogP contribution in [0.1, 0.15) is 57.8 Å². The number of nitrogens with one attached hydrogen (secondary N) is 1. The van der Waals surface area contributed by atoms with E-state index in [-0.39, 0.29) is 23.3 Å². The molecular formula is C24H33N3O3. The van der Waals surface area contributed by atoms with E-state index in [4.69, 9.17) is 0 Å². The maximum atomic E-state index is 13.5. The van der Waals surface area contributed by atoms with E-state index < -0.39 is 0 Å². The number of nitrogens with zero attached hydrogens (tertiary/aromatic N) is 2. The van der Waals surface area contributed by atoms with Crippen LogP contribution in [0.3, 0.4) is 0 Å². The van der Waals surface area contributed by atoms with Gasteiger partial charge in [0, 0.05) is 43.0 Å². The summed E-state index contributed by atoms with van der Waals surface area (Å²) in [5.74, 6) is 0.670. The number of carbonyl (C=O) groups excluding carboxylic acids is 2. The number of piperidine rings is 1. The van der Waals surface area contributed by atoms with Crippen molar-refractivity contribution in [1.29, 1.82) is 0 Å². The fourth-order valence-corrected chi connectivity index (χ4v) is 5.64. The molecule has 1 aromatic carbocycles. The molecule has 30 heavy (non-hydrogen) atoms. The molecule has 162 valence electrons. The Labute approximate surface area is 178 Å². The van der Waals surface area contributed by atoms with Crippen molar-refractivity contribution < 1.29 is 14.7 Å². The van der Waals surface area contributed by atoms with Crippen LogP contribution in [-0.2, 0) is 9.59 Å². The quantitative estimate of drug-likeness (QED) is 0.798. The molecule has 4 aliphatic rings. The van der Waals surface area contributed by atoms with Gasteiger partial charge in [-0.15, -0.1) is 0 Å². The second-order valence-corrected chi connectivity index (χ2v) is 9.83. The first-order valence-corrected chi connectivity index (χ1v) is 11.7. The number of aliphatic hydroxyl groups excluding tert-OH is 1. The Bertz CT molecular complexity index is 798. The summed E-state index contributed by atoms with van der Waals surface area (Å²) in [6.07, 6.45) is 8.27. The maximum absolute atomic E-state index is 13.5.